The average Bonchev–Trinajstić information content (AvgIpc) is 3.38. The molecule has 0 saturated carbocycles. The number of anilines is 2. The number of nitrogens with zero attached hydrogens (tertiary/aromatic N) is 3. The topological polar surface area (TPSA) is 139 Å². The summed E-state index contributed by atoms with van der Waals surface area (Å²) in [4.78, 5) is 44.1. The first-order chi connectivity index (χ1) is 15.6. The molecule has 1 aliphatic rings. The van der Waals surface area contributed by atoms with E-state index >= 15 is 0 Å². The predicted octanol–water partition coefficient (Wildman–Crippen LogP) is 2.47. The van der Waals surface area contributed by atoms with E-state index in [9.17, 15) is 27.6 Å². The molecule has 4 rings (SSSR count). The molecule has 0 unspecified atom stereocenters. The number of benzene rings is 1. The Kier molecular flexibility index (Phi) is 5.54. The quantitative estimate of drug-likeness (QED) is 0.532. The summed E-state index contributed by atoms with van der Waals surface area (Å²) in [5.74, 6) is -1.69. The van der Waals surface area contributed by atoms with Crippen LogP contribution in [0, 0.1) is 6.92 Å². The molecule has 10 nitrogen and oxygen atoms in total. The summed E-state index contributed by atoms with van der Waals surface area (Å²) < 4.78 is 44.1. The van der Waals surface area contributed by atoms with Crippen LogP contribution in [-0.4, -0.2) is 32.8 Å². The van der Waals surface area contributed by atoms with E-state index in [1.165, 1.54) is 25.1 Å². The lowest BCUT2D eigenvalue weighted by Gasteiger charge is -2.12. The molecule has 0 radical (unpaired) electrons. The molecule has 2 aromatic heterocycles. The van der Waals surface area contributed by atoms with Crippen LogP contribution in [0.1, 0.15) is 43.4 Å². The molecule has 13 heteroatoms. The number of aromatic nitrogens is 3. The van der Waals surface area contributed by atoms with Crippen LogP contribution in [0.25, 0.3) is 0 Å². The fraction of sp³-hybridized carbons (Fsp3) is 0.200. The van der Waals surface area contributed by atoms with E-state index in [4.69, 9.17) is 4.52 Å². The summed E-state index contributed by atoms with van der Waals surface area (Å²) >= 11 is 0. The van der Waals surface area contributed by atoms with Gasteiger partial charge in [-0.1, -0.05) is 11.2 Å². The van der Waals surface area contributed by atoms with E-state index in [1.54, 1.807) is 0 Å². The summed E-state index contributed by atoms with van der Waals surface area (Å²) in [6.45, 7) is 1.19. The van der Waals surface area contributed by atoms with E-state index in [1.807, 2.05) is 0 Å². The molecule has 33 heavy (non-hydrogen) atoms. The van der Waals surface area contributed by atoms with Gasteiger partial charge in [-0.25, -0.2) is 9.97 Å². The maximum atomic E-state index is 13.1. The Bertz CT molecular complexity index is 1270. The molecule has 170 valence electrons. The Hall–Kier alpha value is -4.29. The largest absolute Gasteiger partial charge is 0.416 e. The normalized spacial score (nSPS) is 12.8. The number of carbonyl (C=O) groups is 3. The van der Waals surface area contributed by atoms with Crippen molar-refractivity contribution in [3.8, 4) is 0 Å². The molecule has 0 aliphatic carbocycles. The van der Waals surface area contributed by atoms with Crippen LogP contribution >= 0.6 is 0 Å². The van der Waals surface area contributed by atoms with Crippen LogP contribution in [0.4, 0.5) is 24.7 Å². The minimum absolute atomic E-state index is 0.0210. The summed E-state index contributed by atoms with van der Waals surface area (Å²) in [5, 5.41) is 11.0. The summed E-state index contributed by atoms with van der Waals surface area (Å²) in [7, 11) is 0. The molecule has 3 aromatic rings. The predicted molar refractivity (Wildman–Crippen MR) is 106 cm³/mol. The number of hydrogen-bond acceptors (Lipinski definition) is 7. The standard InChI is InChI=1S/C20H15F3N6O4/c1-9-2-3-10(4-13(9)20(21,22)23)27-18(31)14-5-11(29-33-14)7-24-19(32)16-12-6-15(30)28-17(12)26-8-25-16/h2-5,8H,6-7H2,1H3,(H,24,32)(H,27,31)(H,25,26,28,30). The number of halogens is 3. The molecule has 0 spiro atoms. The smallest absolute Gasteiger partial charge is 0.351 e. The monoisotopic (exact) mass is 460 g/mol. The summed E-state index contributed by atoms with van der Waals surface area (Å²) in [6, 6.07) is 4.64. The van der Waals surface area contributed by atoms with Crippen molar-refractivity contribution in [1.29, 1.82) is 0 Å². The van der Waals surface area contributed by atoms with Gasteiger partial charge < -0.3 is 20.5 Å². The van der Waals surface area contributed by atoms with Gasteiger partial charge in [0.15, 0.2) is 0 Å². The Labute approximate surface area is 183 Å². The summed E-state index contributed by atoms with van der Waals surface area (Å²) in [6.07, 6.45) is -3.44. The molecule has 1 aromatic carbocycles. The third-order valence-electron chi connectivity index (χ3n) is 4.77. The summed E-state index contributed by atoms with van der Waals surface area (Å²) in [5.41, 5.74) is -0.323. The zero-order valence-electron chi connectivity index (χ0n) is 16.9. The van der Waals surface area contributed by atoms with Crippen molar-refractivity contribution in [3.63, 3.8) is 0 Å². The van der Waals surface area contributed by atoms with Gasteiger partial charge in [0.25, 0.3) is 11.8 Å². The Morgan fingerprint density at radius 3 is 2.73 bits per heavy atom. The highest BCUT2D eigenvalue weighted by Gasteiger charge is 2.32. The number of alkyl halides is 3. The van der Waals surface area contributed by atoms with E-state index in [0.717, 1.165) is 12.4 Å². The third kappa shape index (κ3) is 4.66. The Morgan fingerprint density at radius 2 is 1.97 bits per heavy atom. The molecule has 1 aliphatic heterocycles. The van der Waals surface area contributed by atoms with Crippen molar-refractivity contribution in [2.75, 3.05) is 10.6 Å². The minimum atomic E-state index is -4.56. The van der Waals surface area contributed by atoms with Gasteiger partial charge in [-0.05, 0) is 24.6 Å². The minimum Gasteiger partial charge on any atom is -0.351 e. The van der Waals surface area contributed by atoms with Crippen LogP contribution in [0.15, 0.2) is 35.1 Å². The number of hydrogen-bond donors (Lipinski definition) is 3. The lowest BCUT2D eigenvalue weighted by atomic mass is 10.1. The maximum absolute atomic E-state index is 13.1. The van der Waals surface area contributed by atoms with Crippen LogP contribution in [-0.2, 0) is 23.9 Å². The second-order valence-electron chi connectivity index (χ2n) is 7.12. The fourth-order valence-corrected chi connectivity index (χ4v) is 3.17. The van der Waals surface area contributed by atoms with Gasteiger partial charge in [-0.15, -0.1) is 0 Å². The van der Waals surface area contributed by atoms with Crippen LogP contribution in [0.2, 0.25) is 0 Å². The first kappa shape index (κ1) is 21.9. The lowest BCUT2D eigenvalue weighted by Crippen LogP contribution is -2.25. The lowest BCUT2D eigenvalue weighted by molar-refractivity contribution is -0.138. The van der Waals surface area contributed by atoms with Crippen LogP contribution in [0.5, 0.6) is 0 Å². The van der Waals surface area contributed by atoms with Gasteiger partial charge >= 0.3 is 6.18 Å². The maximum Gasteiger partial charge on any atom is 0.416 e. The number of amides is 3. The molecule has 3 heterocycles. The molecule has 0 atom stereocenters. The van der Waals surface area contributed by atoms with Gasteiger partial charge in [-0.3, -0.25) is 14.4 Å². The van der Waals surface area contributed by atoms with Crippen molar-refractivity contribution in [2.45, 2.75) is 26.1 Å². The van der Waals surface area contributed by atoms with Crippen molar-refractivity contribution >= 4 is 29.2 Å². The number of aryl methyl sites for hydroxylation is 1. The van der Waals surface area contributed by atoms with E-state index in [-0.39, 0.29) is 53.1 Å². The first-order valence-electron chi connectivity index (χ1n) is 9.48. The van der Waals surface area contributed by atoms with Crippen molar-refractivity contribution in [1.82, 2.24) is 20.4 Å². The molecule has 0 saturated heterocycles. The van der Waals surface area contributed by atoms with Crippen LogP contribution in [0.3, 0.4) is 0 Å². The average molecular weight is 460 g/mol. The zero-order valence-corrected chi connectivity index (χ0v) is 16.9. The van der Waals surface area contributed by atoms with Crippen molar-refractivity contribution in [2.24, 2.45) is 0 Å². The highest BCUT2D eigenvalue weighted by Crippen LogP contribution is 2.33. The van der Waals surface area contributed by atoms with Gasteiger partial charge in [-0.2, -0.15) is 13.2 Å². The molecule has 3 amide bonds. The van der Waals surface area contributed by atoms with E-state index in [0.29, 0.717) is 5.56 Å². The molecule has 0 fully saturated rings. The van der Waals surface area contributed by atoms with Gasteiger partial charge in [0.05, 0.1) is 18.5 Å². The van der Waals surface area contributed by atoms with E-state index < -0.39 is 23.6 Å². The van der Waals surface area contributed by atoms with Gasteiger partial charge in [0.1, 0.15) is 23.5 Å². The fourth-order valence-electron chi connectivity index (χ4n) is 3.17. The van der Waals surface area contributed by atoms with Gasteiger partial charge in [0.2, 0.25) is 11.7 Å². The Balaban J connectivity index is 1.40. The number of carbonyl (C=O) groups excluding carboxylic acids is 3. The van der Waals surface area contributed by atoms with Gasteiger partial charge in [0, 0.05) is 17.3 Å². The second kappa shape index (κ2) is 8.33. The molecule has 3 N–H and O–H groups in total. The van der Waals surface area contributed by atoms with Crippen LogP contribution < -0.4 is 16.0 Å². The SMILES string of the molecule is Cc1ccc(NC(=O)c2cc(CNC(=O)c3ncnc4c3CC(=O)N4)no2)cc1C(F)(F)F. The highest BCUT2D eigenvalue weighted by molar-refractivity contribution is 6.04. The van der Waals surface area contributed by atoms with E-state index in [2.05, 4.69) is 31.1 Å². The Morgan fingerprint density at radius 1 is 1.18 bits per heavy atom. The second-order valence-corrected chi connectivity index (χ2v) is 7.12. The van der Waals surface area contributed by atoms with Crippen molar-refractivity contribution in [3.05, 3.63) is 64.4 Å². The van der Waals surface area contributed by atoms with Crippen molar-refractivity contribution < 1.29 is 32.1 Å². The third-order valence-corrected chi connectivity index (χ3v) is 4.77. The molecule has 0 bridgehead atoms. The first-order valence-corrected chi connectivity index (χ1v) is 9.48. The zero-order chi connectivity index (χ0) is 23.8. The molecular weight excluding hydrogens is 445 g/mol. The molecular formula is C20H15F3N6O4. The number of nitrogens with one attached hydrogen (secondary N) is 3. The number of fused-ring (bicyclic) bond motifs is 1. The highest BCUT2D eigenvalue weighted by atomic mass is 19.4. The number of rotatable bonds is 5.